The van der Waals surface area contributed by atoms with Crippen LogP contribution in [0, 0.1) is 0 Å². The van der Waals surface area contributed by atoms with Crippen molar-refractivity contribution in [3.05, 3.63) is 0 Å². The zero-order valence-corrected chi connectivity index (χ0v) is 17.3. The van der Waals surface area contributed by atoms with Crippen molar-refractivity contribution in [1.82, 2.24) is 0 Å². The van der Waals surface area contributed by atoms with Gasteiger partial charge in [-0.15, -0.1) is 0 Å². The quantitative estimate of drug-likeness (QED) is 0.305. The number of carboxylic acid groups (broad SMARTS) is 1. The maximum absolute atomic E-state index is 10.2. The van der Waals surface area contributed by atoms with Crippen LogP contribution >= 0.6 is 0 Å². The summed E-state index contributed by atoms with van der Waals surface area (Å²) in [5, 5.41) is 10.2. The van der Waals surface area contributed by atoms with Crippen LogP contribution in [0.2, 0.25) is 0 Å². The second kappa shape index (κ2) is 21.5. The molecule has 0 radical (unpaired) electrons. The van der Waals surface area contributed by atoms with E-state index in [2.05, 4.69) is 6.92 Å². The third kappa shape index (κ3) is 22.7. The van der Waals surface area contributed by atoms with E-state index < -0.39 is 5.97 Å². The summed E-state index contributed by atoms with van der Waals surface area (Å²) in [5.74, 6) is -0.902. The summed E-state index contributed by atoms with van der Waals surface area (Å²) < 4.78 is 0. The average Bonchev–Trinajstić information content (AvgIpc) is 2.46. The van der Waals surface area contributed by atoms with E-state index in [9.17, 15) is 9.90 Å². The minimum Gasteiger partial charge on any atom is -0.550 e. The minimum absolute atomic E-state index is 0. The Morgan fingerprint density at radius 2 is 0.864 bits per heavy atom. The van der Waals surface area contributed by atoms with Gasteiger partial charge in [0.1, 0.15) is 0 Å². The Bertz CT molecular complexity index is 219. The van der Waals surface area contributed by atoms with Gasteiger partial charge in [0, 0.05) is 5.97 Å². The molecule has 0 N–H and O–H groups in total. The second-order valence-corrected chi connectivity index (χ2v) is 6.43. The third-order valence-corrected chi connectivity index (χ3v) is 4.23. The van der Waals surface area contributed by atoms with Crippen molar-refractivity contribution in [2.24, 2.45) is 0 Å². The molecule has 0 aromatic carbocycles. The van der Waals surface area contributed by atoms with Gasteiger partial charge in [-0.25, -0.2) is 0 Å². The van der Waals surface area contributed by atoms with Crippen molar-refractivity contribution in [2.45, 2.75) is 116 Å². The van der Waals surface area contributed by atoms with E-state index in [0.717, 1.165) is 12.8 Å². The molecule has 0 aliphatic carbocycles. The van der Waals surface area contributed by atoms with Crippen molar-refractivity contribution < 1.29 is 39.5 Å². The van der Waals surface area contributed by atoms with Gasteiger partial charge in [0.2, 0.25) is 0 Å². The average molecular weight is 320 g/mol. The van der Waals surface area contributed by atoms with Crippen molar-refractivity contribution in [3.63, 3.8) is 0 Å². The van der Waals surface area contributed by atoms with Gasteiger partial charge in [0.15, 0.2) is 0 Å². The van der Waals surface area contributed by atoms with Gasteiger partial charge < -0.3 is 9.90 Å². The van der Waals surface area contributed by atoms with E-state index in [1.54, 1.807) is 0 Å². The number of rotatable bonds is 17. The Hall–Kier alpha value is 0.470. The first-order chi connectivity index (χ1) is 10.3. The van der Waals surface area contributed by atoms with Crippen LogP contribution in [0.3, 0.4) is 0 Å². The normalized spacial score (nSPS) is 10.4. The number of hydrogen-bond acceptors (Lipinski definition) is 2. The molecule has 0 spiro atoms. The van der Waals surface area contributed by atoms with Gasteiger partial charge in [-0.2, -0.15) is 0 Å². The molecule has 0 aromatic heterocycles. The summed E-state index contributed by atoms with van der Waals surface area (Å²) in [6.45, 7) is 2.27. The molecule has 22 heavy (non-hydrogen) atoms. The van der Waals surface area contributed by atoms with Gasteiger partial charge in [0.25, 0.3) is 0 Å². The van der Waals surface area contributed by atoms with Crippen LogP contribution in [-0.2, 0) is 4.79 Å². The maximum atomic E-state index is 10.2. The molecule has 0 rings (SSSR count). The van der Waals surface area contributed by atoms with Crippen LogP contribution in [-0.4, -0.2) is 5.97 Å². The molecular formula is C19H37NaO2. The molecule has 0 heterocycles. The van der Waals surface area contributed by atoms with Gasteiger partial charge in [0.05, 0.1) is 0 Å². The Labute approximate surface area is 161 Å². The number of carbonyl (C=O) groups excluding carboxylic acids is 1. The molecule has 3 heteroatoms. The molecule has 0 fully saturated rings. The molecule has 0 aliphatic heterocycles. The first-order valence-corrected chi connectivity index (χ1v) is 9.47. The predicted molar refractivity (Wildman–Crippen MR) is 89.2 cm³/mol. The Morgan fingerprint density at radius 1 is 0.591 bits per heavy atom. The standard InChI is InChI=1S/C19H38O2.Na/c1-2-3-4-5-6-7-8-9-10-11-12-13-14-15-16-17-18-19(20)21;/h2-18H2,1H3,(H,20,21);/q;+1/p-1. The first-order valence-electron chi connectivity index (χ1n) is 9.47. The number of carboxylic acids is 1. The Balaban J connectivity index is 0. The third-order valence-electron chi connectivity index (χ3n) is 4.23. The molecule has 126 valence electrons. The smallest absolute Gasteiger partial charge is 0.550 e. The van der Waals surface area contributed by atoms with E-state index in [0.29, 0.717) is 0 Å². The number of aliphatic carboxylic acids is 1. The molecule has 0 saturated carbocycles. The number of unbranched alkanes of at least 4 members (excludes halogenated alkanes) is 15. The molecule has 0 aromatic rings. The summed E-state index contributed by atoms with van der Waals surface area (Å²) >= 11 is 0. The summed E-state index contributed by atoms with van der Waals surface area (Å²) in [7, 11) is 0. The minimum atomic E-state index is -0.902. The van der Waals surface area contributed by atoms with Gasteiger partial charge >= 0.3 is 29.6 Å². The molecule has 0 atom stereocenters. The van der Waals surface area contributed by atoms with Crippen molar-refractivity contribution in [2.75, 3.05) is 0 Å². The summed E-state index contributed by atoms with van der Waals surface area (Å²) in [4.78, 5) is 10.2. The zero-order chi connectivity index (χ0) is 15.6. The molecule has 0 amide bonds. The largest absolute Gasteiger partial charge is 1.00 e. The van der Waals surface area contributed by atoms with Crippen LogP contribution in [0.15, 0.2) is 0 Å². The van der Waals surface area contributed by atoms with E-state index in [1.807, 2.05) is 0 Å². The van der Waals surface area contributed by atoms with Gasteiger partial charge in [-0.1, -0.05) is 103 Å². The van der Waals surface area contributed by atoms with Crippen molar-refractivity contribution in [1.29, 1.82) is 0 Å². The molecule has 2 nitrogen and oxygen atoms in total. The molecular weight excluding hydrogens is 283 g/mol. The van der Waals surface area contributed by atoms with Crippen LogP contribution < -0.4 is 34.7 Å². The second-order valence-electron chi connectivity index (χ2n) is 6.43. The summed E-state index contributed by atoms with van der Waals surface area (Å²) in [6, 6.07) is 0. The van der Waals surface area contributed by atoms with E-state index >= 15 is 0 Å². The summed E-state index contributed by atoms with van der Waals surface area (Å²) in [6.07, 6.45) is 21.3. The van der Waals surface area contributed by atoms with E-state index in [1.165, 1.54) is 89.9 Å². The fourth-order valence-corrected chi connectivity index (χ4v) is 2.82. The summed E-state index contributed by atoms with van der Waals surface area (Å²) in [5.41, 5.74) is 0. The molecule has 0 unspecified atom stereocenters. The molecule has 0 bridgehead atoms. The fraction of sp³-hybridized carbons (Fsp3) is 0.947. The van der Waals surface area contributed by atoms with Crippen LogP contribution in [0.25, 0.3) is 0 Å². The van der Waals surface area contributed by atoms with Gasteiger partial charge in [-0.3, -0.25) is 0 Å². The predicted octanol–water partition coefficient (Wildman–Crippen LogP) is 2.39. The number of hydrogen-bond donors (Lipinski definition) is 0. The topological polar surface area (TPSA) is 40.1 Å². The van der Waals surface area contributed by atoms with Gasteiger partial charge in [-0.05, 0) is 12.8 Å². The van der Waals surface area contributed by atoms with Crippen LogP contribution in [0.1, 0.15) is 116 Å². The Morgan fingerprint density at radius 3 is 1.14 bits per heavy atom. The number of carbonyl (C=O) groups is 1. The zero-order valence-electron chi connectivity index (χ0n) is 15.3. The van der Waals surface area contributed by atoms with Crippen LogP contribution in [0.4, 0.5) is 0 Å². The van der Waals surface area contributed by atoms with Crippen molar-refractivity contribution in [3.8, 4) is 0 Å². The fourth-order valence-electron chi connectivity index (χ4n) is 2.82. The van der Waals surface area contributed by atoms with E-state index in [-0.39, 0.29) is 36.0 Å². The maximum Gasteiger partial charge on any atom is 1.00 e. The van der Waals surface area contributed by atoms with Crippen LogP contribution in [0.5, 0.6) is 0 Å². The van der Waals surface area contributed by atoms with Crippen molar-refractivity contribution >= 4 is 5.97 Å². The Kier molecular flexibility index (Phi) is 24.1. The molecule has 0 aliphatic rings. The SMILES string of the molecule is CCCCCCCCCCCCCCCCCCC(=O)[O-].[Na+]. The van der Waals surface area contributed by atoms with E-state index in [4.69, 9.17) is 0 Å². The monoisotopic (exact) mass is 320 g/mol. The molecule has 0 saturated heterocycles. The first kappa shape index (κ1) is 24.7.